The first-order chi connectivity index (χ1) is 9.41. The summed E-state index contributed by atoms with van der Waals surface area (Å²) in [5.41, 5.74) is 1.96. The summed E-state index contributed by atoms with van der Waals surface area (Å²) in [7, 11) is 1.39. The fraction of sp³-hybridized carbons (Fsp3) is 0.250. The largest absolute Gasteiger partial charge is 0.471 e. The summed E-state index contributed by atoms with van der Waals surface area (Å²) >= 11 is 0. The van der Waals surface area contributed by atoms with Crippen LogP contribution in [0.1, 0.15) is 17.0 Å². The second kappa shape index (κ2) is 5.32. The van der Waals surface area contributed by atoms with Gasteiger partial charge in [0.2, 0.25) is 5.82 Å². The molecule has 1 aromatic carbocycles. The van der Waals surface area contributed by atoms with Gasteiger partial charge in [0.1, 0.15) is 7.11 Å². The first-order valence-corrected chi connectivity index (χ1v) is 5.50. The molecule has 1 heterocycles. The molecule has 0 amide bonds. The molecule has 0 atom stereocenters. The lowest BCUT2D eigenvalue weighted by Gasteiger charge is -2.01. The van der Waals surface area contributed by atoms with Crippen molar-refractivity contribution in [2.45, 2.75) is 13.1 Å². The molecule has 2 aromatic rings. The summed E-state index contributed by atoms with van der Waals surface area (Å²) in [4.78, 5) is 7.89. The fourth-order valence-electron chi connectivity index (χ4n) is 1.48. The van der Waals surface area contributed by atoms with Crippen LogP contribution < -0.4 is 0 Å². The maximum absolute atomic E-state index is 12.4. The third-order valence-electron chi connectivity index (χ3n) is 2.50. The molecule has 0 spiro atoms. The van der Waals surface area contributed by atoms with Crippen LogP contribution >= 0.6 is 0 Å². The zero-order valence-corrected chi connectivity index (χ0v) is 10.6. The Morgan fingerprint density at radius 1 is 1.35 bits per heavy atom. The lowest BCUT2D eigenvalue weighted by atomic mass is 10.1. The second-order valence-electron chi connectivity index (χ2n) is 3.91. The summed E-state index contributed by atoms with van der Waals surface area (Å²) < 4.78 is 41.4. The van der Waals surface area contributed by atoms with E-state index in [4.69, 9.17) is 0 Å². The number of aromatic nitrogens is 2. The Labute approximate surface area is 112 Å². The number of benzene rings is 1. The Hall–Kier alpha value is -2.38. The van der Waals surface area contributed by atoms with Gasteiger partial charge in [0.05, 0.1) is 6.21 Å². The maximum atomic E-state index is 12.4. The highest BCUT2D eigenvalue weighted by Crippen LogP contribution is 2.29. The van der Waals surface area contributed by atoms with E-state index in [2.05, 4.69) is 24.7 Å². The second-order valence-corrected chi connectivity index (χ2v) is 3.91. The summed E-state index contributed by atoms with van der Waals surface area (Å²) in [5.74, 6) is -1.51. The summed E-state index contributed by atoms with van der Waals surface area (Å²) in [6.45, 7) is 1.83. The van der Waals surface area contributed by atoms with E-state index < -0.39 is 12.1 Å². The van der Waals surface area contributed by atoms with Crippen LogP contribution in [0.2, 0.25) is 0 Å². The predicted octanol–water partition coefficient (Wildman–Crippen LogP) is 3.04. The number of alkyl halides is 3. The minimum Gasteiger partial charge on any atom is -0.399 e. The van der Waals surface area contributed by atoms with Gasteiger partial charge >= 0.3 is 12.1 Å². The summed E-state index contributed by atoms with van der Waals surface area (Å²) in [6.07, 6.45) is -3.21. The molecule has 0 aliphatic carbocycles. The average Bonchev–Trinajstić information content (AvgIpc) is 2.87. The Morgan fingerprint density at radius 3 is 2.70 bits per heavy atom. The lowest BCUT2D eigenvalue weighted by molar-refractivity contribution is -0.159. The van der Waals surface area contributed by atoms with Crippen molar-refractivity contribution in [1.29, 1.82) is 0 Å². The van der Waals surface area contributed by atoms with E-state index in [1.54, 1.807) is 18.2 Å². The quantitative estimate of drug-likeness (QED) is 0.642. The van der Waals surface area contributed by atoms with Gasteiger partial charge < -0.3 is 9.36 Å². The smallest absolute Gasteiger partial charge is 0.399 e. The highest BCUT2D eigenvalue weighted by atomic mass is 19.4. The van der Waals surface area contributed by atoms with E-state index in [1.807, 2.05) is 6.92 Å². The van der Waals surface area contributed by atoms with Crippen molar-refractivity contribution < 1.29 is 22.5 Å². The predicted molar refractivity (Wildman–Crippen MR) is 64.1 cm³/mol. The SMILES string of the molecule is CO/N=C/c1cc(-c2noc(C(F)(F)F)n2)ccc1C. The molecule has 5 nitrogen and oxygen atoms in total. The molecule has 0 aliphatic heterocycles. The van der Waals surface area contributed by atoms with Crippen molar-refractivity contribution in [3.05, 3.63) is 35.2 Å². The number of hydrogen-bond acceptors (Lipinski definition) is 5. The number of hydrogen-bond donors (Lipinski definition) is 0. The van der Waals surface area contributed by atoms with Crippen molar-refractivity contribution in [2.75, 3.05) is 7.11 Å². The van der Waals surface area contributed by atoms with E-state index in [9.17, 15) is 13.2 Å². The van der Waals surface area contributed by atoms with Crippen LogP contribution in [0.5, 0.6) is 0 Å². The van der Waals surface area contributed by atoms with Crippen LogP contribution in [0.25, 0.3) is 11.4 Å². The van der Waals surface area contributed by atoms with Crippen molar-refractivity contribution >= 4 is 6.21 Å². The molecule has 0 bridgehead atoms. The summed E-state index contributed by atoms with van der Waals surface area (Å²) in [6, 6.07) is 4.92. The van der Waals surface area contributed by atoms with Crippen molar-refractivity contribution in [3.8, 4) is 11.4 Å². The molecular weight excluding hydrogens is 275 g/mol. The number of halogens is 3. The standard InChI is InChI=1S/C12H10F3N3O2/c1-7-3-4-8(5-9(7)6-16-19-2)10-17-11(20-18-10)12(13,14)15/h3-6H,1-2H3/b16-6+. The normalized spacial score (nSPS) is 12.1. The van der Waals surface area contributed by atoms with E-state index in [1.165, 1.54) is 13.3 Å². The van der Waals surface area contributed by atoms with Crippen LogP contribution in [0.4, 0.5) is 13.2 Å². The maximum Gasteiger partial charge on any atom is 0.471 e. The minimum absolute atomic E-state index is 0.135. The van der Waals surface area contributed by atoms with Crippen LogP contribution in [0.3, 0.4) is 0 Å². The molecular formula is C12H10F3N3O2. The fourth-order valence-corrected chi connectivity index (χ4v) is 1.48. The molecule has 8 heteroatoms. The van der Waals surface area contributed by atoms with Gasteiger partial charge in [-0.1, -0.05) is 22.4 Å². The summed E-state index contributed by atoms with van der Waals surface area (Å²) in [5, 5.41) is 6.93. The molecule has 0 saturated carbocycles. The molecule has 0 unspecified atom stereocenters. The molecule has 1 aromatic heterocycles. The Kier molecular flexibility index (Phi) is 3.73. The van der Waals surface area contributed by atoms with Gasteiger partial charge in [0.25, 0.3) is 0 Å². The van der Waals surface area contributed by atoms with Gasteiger partial charge in [-0.05, 0) is 24.1 Å². The van der Waals surface area contributed by atoms with Gasteiger partial charge in [0.15, 0.2) is 0 Å². The van der Waals surface area contributed by atoms with Gasteiger partial charge in [-0.3, -0.25) is 0 Å². The molecule has 2 rings (SSSR count). The number of rotatable bonds is 3. The van der Waals surface area contributed by atoms with E-state index >= 15 is 0 Å². The van der Waals surface area contributed by atoms with Gasteiger partial charge in [-0.25, -0.2) is 0 Å². The van der Waals surface area contributed by atoms with Crippen LogP contribution in [0, 0.1) is 6.92 Å². The molecule has 0 aliphatic rings. The molecule has 0 saturated heterocycles. The number of aryl methyl sites for hydroxylation is 1. The molecule has 0 radical (unpaired) electrons. The Balaban J connectivity index is 2.38. The molecule has 106 valence electrons. The minimum atomic E-state index is -4.66. The van der Waals surface area contributed by atoms with E-state index in [0.717, 1.165) is 5.56 Å². The topological polar surface area (TPSA) is 60.5 Å². The first-order valence-electron chi connectivity index (χ1n) is 5.50. The van der Waals surface area contributed by atoms with E-state index in [0.29, 0.717) is 11.1 Å². The third-order valence-corrected chi connectivity index (χ3v) is 2.50. The van der Waals surface area contributed by atoms with Crippen molar-refractivity contribution in [3.63, 3.8) is 0 Å². The van der Waals surface area contributed by atoms with Crippen LogP contribution in [0.15, 0.2) is 27.9 Å². The van der Waals surface area contributed by atoms with Crippen molar-refractivity contribution in [2.24, 2.45) is 5.16 Å². The monoisotopic (exact) mass is 285 g/mol. The highest BCUT2D eigenvalue weighted by molar-refractivity contribution is 5.83. The van der Waals surface area contributed by atoms with E-state index in [-0.39, 0.29) is 5.82 Å². The third kappa shape index (κ3) is 2.95. The zero-order chi connectivity index (χ0) is 14.8. The van der Waals surface area contributed by atoms with Crippen LogP contribution in [-0.4, -0.2) is 23.5 Å². The highest BCUT2D eigenvalue weighted by Gasteiger charge is 2.38. The van der Waals surface area contributed by atoms with Gasteiger partial charge in [0, 0.05) is 5.56 Å². The Morgan fingerprint density at radius 2 is 2.10 bits per heavy atom. The average molecular weight is 285 g/mol. The Bertz CT molecular complexity index is 635. The molecule has 0 fully saturated rings. The zero-order valence-electron chi connectivity index (χ0n) is 10.6. The van der Waals surface area contributed by atoms with Gasteiger partial charge in [-0.15, -0.1) is 0 Å². The number of nitrogens with zero attached hydrogens (tertiary/aromatic N) is 3. The van der Waals surface area contributed by atoms with Crippen molar-refractivity contribution in [1.82, 2.24) is 10.1 Å². The lowest BCUT2D eigenvalue weighted by Crippen LogP contribution is -2.04. The van der Waals surface area contributed by atoms with Gasteiger partial charge in [-0.2, -0.15) is 18.2 Å². The molecule has 20 heavy (non-hydrogen) atoms. The first kappa shape index (κ1) is 14.0. The van der Waals surface area contributed by atoms with Crippen LogP contribution in [-0.2, 0) is 11.0 Å². The number of oxime groups is 1. The molecule has 0 N–H and O–H groups in total.